The SMILES string of the molecule is CCOc1cc(/C=C(/C#N)C(=O)Nc2ccc(C)c(Cl)c2)cc(I)c1OCC(=O)OC. The molecule has 0 saturated heterocycles. The summed E-state index contributed by atoms with van der Waals surface area (Å²) in [5.74, 6) is -0.335. The van der Waals surface area contributed by atoms with E-state index in [1.807, 2.05) is 35.6 Å². The fourth-order valence-corrected chi connectivity index (χ4v) is 3.41. The number of aryl methyl sites for hydroxylation is 1. The zero-order valence-corrected chi connectivity index (χ0v) is 20.0. The normalized spacial score (nSPS) is 10.8. The number of nitrogens with zero attached hydrogens (tertiary/aromatic N) is 1. The molecule has 162 valence electrons. The van der Waals surface area contributed by atoms with Crippen molar-refractivity contribution in [2.75, 3.05) is 25.6 Å². The quantitative estimate of drug-likeness (QED) is 0.219. The van der Waals surface area contributed by atoms with E-state index in [9.17, 15) is 14.9 Å². The Morgan fingerprint density at radius 3 is 2.61 bits per heavy atom. The maximum Gasteiger partial charge on any atom is 0.343 e. The fourth-order valence-electron chi connectivity index (χ4n) is 2.45. The average molecular weight is 555 g/mol. The molecule has 7 nitrogen and oxygen atoms in total. The van der Waals surface area contributed by atoms with Crippen molar-refractivity contribution < 1.29 is 23.8 Å². The highest BCUT2D eigenvalue weighted by Crippen LogP contribution is 2.35. The van der Waals surface area contributed by atoms with Gasteiger partial charge in [0, 0.05) is 10.7 Å². The molecule has 0 spiro atoms. The fraction of sp³-hybridized carbons (Fsp3) is 0.227. The number of ether oxygens (including phenoxy) is 3. The Labute approximate surface area is 199 Å². The number of hydrogen-bond acceptors (Lipinski definition) is 6. The molecule has 1 amide bonds. The number of benzene rings is 2. The van der Waals surface area contributed by atoms with E-state index in [0.717, 1.165) is 5.56 Å². The second kappa shape index (κ2) is 11.6. The molecule has 0 heterocycles. The van der Waals surface area contributed by atoms with Gasteiger partial charge in [-0.3, -0.25) is 4.79 Å². The van der Waals surface area contributed by atoms with Gasteiger partial charge in [0.15, 0.2) is 18.1 Å². The minimum atomic E-state index is -0.568. The van der Waals surface area contributed by atoms with Crippen LogP contribution in [0.4, 0.5) is 5.69 Å². The van der Waals surface area contributed by atoms with E-state index in [0.29, 0.717) is 37.9 Å². The number of amides is 1. The molecule has 2 aromatic carbocycles. The lowest BCUT2D eigenvalue weighted by molar-refractivity contribution is -0.142. The van der Waals surface area contributed by atoms with Crippen molar-refractivity contribution in [3.05, 3.63) is 55.6 Å². The molecular formula is C22H20ClIN2O5. The standard InChI is InChI=1S/C22H20ClIN2O5/c1-4-30-19-9-14(8-18(24)21(19)31-12-20(27)29-3)7-15(11-25)22(28)26-16-6-5-13(2)17(23)10-16/h5-10H,4,12H2,1-3H3,(H,26,28)/b15-7-. The van der Waals surface area contributed by atoms with E-state index in [-0.39, 0.29) is 12.2 Å². The van der Waals surface area contributed by atoms with Crippen molar-refractivity contribution >= 4 is 57.8 Å². The van der Waals surface area contributed by atoms with Crippen molar-refractivity contribution in [3.8, 4) is 17.6 Å². The van der Waals surface area contributed by atoms with E-state index >= 15 is 0 Å². The first kappa shape index (κ1) is 24.5. The van der Waals surface area contributed by atoms with Crippen LogP contribution >= 0.6 is 34.2 Å². The molecule has 0 radical (unpaired) electrons. The molecule has 1 N–H and O–H groups in total. The molecule has 9 heteroatoms. The number of anilines is 1. The van der Waals surface area contributed by atoms with Crippen LogP contribution in [0.25, 0.3) is 6.08 Å². The number of carbonyl (C=O) groups is 2. The van der Waals surface area contributed by atoms with Gasteiger partial charge in [-0.1, -0.05) is 17.7 Å². The minimum absolute atomic E-state index is 0.0989. The van der Waals surface area contributed by atoms with Gasteiger partial charge in [0.2, 0.25) is 0 Å². The van der Waals surface area contributed by atoms with Gasteiger partial charge in [-0.25, -0.2) is 4.79 Å². The average Bonchev–Trinajstić information content (AvgIpc) is 2.73. The molecule has 0 fully saturated rings. The number of nitriles is 1. The van der Waals surface area contributed by atoms with Gasteiger partial charge < -0.3 is 19.5 Å². The molecule has 2 rings (SSSR count). The third-order valence-electron chi connectivity index (χ3n) is 4.00. The highest BCUT2D eigenvalue weighted by molar-refractivity contribution is 14.1. The lowest BCUT2D eigenvalue weighted by Crippen LogP contribution is -2.14. The molecule has 0 bridgehead atoms. The van der Waals surface area contributed by atoms with Crippen molar-refractivity contribution in [1.82, 2.24) is 0 Å². The first-order valence-corrected chi connectivity index (χ1v) is 10.6. The van der Waals surface area contributed by atoms with Crippen molar-refractivity contribution in [2.45, 2.75) is 13.8 Å². The predicted molar refractivity (Wildman–Crippen MR) is 126 cm³/mol. The number of rotatable bonds is 8. The van der Waals surface area contributed by atoms with E-state index < -0.39 is 11.9 Å². The summed E-state index contributed by atoms with van der Waals surface area (Å²) in [6.45, 7) is 3.75. The van der Waals surface area contributed by atoms with Crippen LogP contribution < -0.4 is 14.8 Å². The molecular weight excluding hydrogens is 535 g/mol. The Kier molecular flexibility index (Phi) is 9.15. The number of nitrogens with one attached hydrogen (secondary N) is 1. The Balaban J connectivity index is 2.31. The molecule has 0 atom stereocenters. The Morgan fingerprint density at radius 1 is 1.26 bits per heavy atom. The Morgan fingerprint density at radius 2 is 2.00 bits per heavy atom. The van der Waals surface area contributed by atoms with E-state index in [4.69, 9.17) is 21.1 Å². The number of halogens is 2. The monoisotopic (exact) mass is 554 g/mol. The summed E-state index contributed by atoms with van der Waals surface area (Å²) in [4.78, 5) is 24.0. The van der Waals surface area contributed by atoms with Crippen molar-refractivity contribution in [2.24, 2.45) is 0 Å². The van der Waals surface area contributed by atoms with Crippen LogP contribution in [0.1, 0.15) is 18.1 Å². The van der Waals surface area contributed by atoms with Crippen LogP contribution in [0, 0.1) is 21.8 Å². The van der Waals surface area contributed by atoms with E-state index in [1.54, 1.807) is 37.3 Å². The molecule has 31 heavy (non-hydrogen) atoms. The van der Waals surface area contributed by atoms with Gasteiger partial charge in [0.25, 0.3) is 5.91 Å². The zero-order valence-electron chi connectivity index (χ0n) is 17.1. The molecule has 0 aliphatic rings. The summed E-state index contributed by atoms with van der Waals surface area (Å²) in [5.41, 5.74) is 1.83. The third-order valence-corrected chi connectivity index (χ3v) is 5.21. The van der Waals surface area contributed by atoms with Gasteiger partial charge in [0.05, 0.1) is 17.3 Å². The number of hydrogen-bond donors (Lipinski definition) is 1. The molecule has 0 unspecified atom stereocenters. The number of carbonyl (C=O) groups excluding carboxylic acids is 2. The van der Waals surface area contributed by atoms with Crippen LogP contribution in [0.3, 0.4) is 0 Å². The lowest BCUT2D eigenvalue weighted by Gasteiger charge is -2.14. The summed E-state index contributed by atoms with van der Waals surface area (Å²) < 4.78 is 16.4. The summed E-state index contributed by atoms with van der Waals surface area (Å²) in [6, 6.07) is 10.4. The minimum Gasteiger partial charge on any atom is -0.490 e. The van der Waals surface area contributed by atoms with E-state index in [1.165, 1.54) is 13.2 Å². The third kappa shape index (κ3) is 6.87. The smallest absolute Gasteiger partial charge is 0.343 e. The molecule has 0 aromatic heterocycles. The Hall–Kier alpha value is -2.77. The van der Waals surface area contributed by atoms with Gasteiger partial charge in [-0.2, -0.15) is 5.26 Å². The first-order valence-electron chi connectivity index (χ1n) is 9.14. The van der Waals surface area contributed by atoms with Crippen molar-refractivity contribution in [1.29, 1.82) is 5.26 Å². The second-order valence-electron chi connectivity index (χ2n) is 6.22. The van der Waals surface area contributed by atoms with Crippen LogP contribution in [-0.2, 0) is 14.3 Å². The summed E-state index contributed by atoms with van der Waals surface area (Å²) in [5, 5.41) is 12.7. The van der Waals surface area contributed by atoms with Gasteiger partial charge >= 0.3 is 5.97 Å². The van der Waals surface area contributed by atoms with E-state index in [2.05, 4.69) is 10.1 Å². The van der Waals surface area contributed by atoms with Crippen LogP contribution in [0.2, 0.25) is 5.02 Å². The maximum absolute atomic E-state index is 12.6. The molecule has 0 aliphatic heterocycles. The predicted octanol–water partition coefficient (Wildman–Crippen LogP) is 4.75. The van der Waals surface area contributed by atoms with Crippen LogP contribution in [-0.4, -0.2) is 32.2 Å². The molecule has 2 aromatic rings. The lowest BCUT2D eigenvalue weighted by atomic mass is 10.1. The first-order chi connectivity index (χ1) is 14.8. The highest BCUT2D eigenvalue weighted by Gasteiger charge is 2.16. The maximum atomic E-state index is 12.6. The zero-order chi connectivity index (χ0) is 23.0. The van der Waals surface area contributed by atoms with Crippen molar-refractivity contribution in [3.63, 3.8) is 0 Å². The Bertz CT molecular complexity index is 1060. The molecule has 0 saturated carbocycles. The summed E-state index contributed by atoms with van der Waals surface area (Å²) >= 11 is 8.11. The highest BCUT2D eigenvalue weighted by atomic mass is 127. The summed E-state index contributed by atoms with van der Waals surface area (Å²) in [7, 11) is 1.27. The van der Waals surface area contributed by atoms with Crippen LogP contribution in [0.5, 0.6) is 11.5 Å². The largest absolute Gasteiger partial charge is 0.490 e. The van der Waals surface area contributed by atoms with Gasteiger partial charge in [-0.15, -0.1) is 0 Å². The van der Waals surface area contributed by atoms with Gasteiger partial charge in [0.1, 0.15) is 11.6 Å². The van der Waals surface area contributed by atoms with Gasteiger partial charge in [-0.05, 0) is 77.9 Å². The summed E-state index contributed by atoms with van der Waals surface area (Å²) in [6.07, 6.45) is 1.44. The topological polar surface area (TPSA) is 97.6 Å². The second-order valence-corrected chi connectivity index (χ2v) is 7.79. The number of methoxy groups -OCH3 is 1. The molecule has 0 aliphatic carbocycles. The van der Waals surface area contributed by atoms with Crippen LogP contribution in [0.15, 0.2) is 35.9 Å². The number of esters is 1.